The average Bonchev–Trinajstić information content (AvgIpc) is 2.36. The van der Waals surface area contributed by atoms with E-state index in [0.29, 0.717) is 13.1 Å². The van der Waals surface area contributed by atoms with Crippen LogP contribution in [0.25, 0.3) is 0 Å². The molecule has 0 aromatic carbocycles. The van der Waals surface area contributed by atoms with Crippen LogP contribution in [0, 0.1) is 5.41 Å². The summed E-state index contributed by atoms with van der Waals surface area (Å²) in [5.74, 6) is 5.15. The Morgan fingerprint density at radius 2 is 2.50 bits per heavy atom. The van der Waals surface area contributed by atoms with Gasteiger partial charge >= 0.3 is 0 Å². The van der Waals surface area contributed by atoms with E-state index < -0.39 is 0 Å². The highest BCUT2D eigenvalue weighted by atomic mass is 15.8. The van der Waals surface area contributed by atoms with Crippen LogP contribution in [0.5, 0.6) is 0 Å². The summed E-state index contributed by atoms with van der Waals surface area (Å²) in [6, 6.07) is 0. The second-order valence-corrected chi connectivity index (χ2v) is 1.91. The van der Waals surface area contributed by atoms with Crippen molar-refractivity contribution >= 4 is 12.3 Å². The van der Waals surface area contributed by atoms with Crippen LogP contribution >= 0.6 is 0 Å². The van der Waals surface area contributed by atoms with Gasteiger partial charge in [0.25, 0.3) is 0 Å². The maximum atomic E-state index is 6.94. The van der Waals surface area contributed by atoms with Gasteiger partial charge in [-0.2, -0.15) is 5.12 Å². The lowest BCUT2D eigenvalue weighted by molar-refractivity contribution is 0.151. The van der Waals surface area contributed by atoms with Crippen molar-refractivity contribution in [2.75, 3.05) is 13.1 Å². The van der Waals surface area contributed by atoms with Crippen molar-refractivity contribution in [2.45, 2.75) is 0 Å². The van der Waals surface area contributed by atoms with Crippen LogP contribution in [0.15, 0.2) is 4.99 Å². The minimum atomic E-state index is -0.187. The first-order chi connectivity index (χ1) is 4.72. The Kier molecular flexibility index (Phi) is 1.72. The molecule has 0 saturated heterocycles. The molecule has 0 saturated carbocycles. The number of aliphatic imine (C=N–C) groups is 1. The number of nitrogens with one attached hydrogen (secondary N) is 1. The van der Waals surface area contributed by atoms with Gasteiger partial charge in [0.1, 0.15) is 6.34 Å². The highest BCUT2D eigenvalue weighted by Crippen LogP contribution is 1.93. The maximum Gasteiger partial charge on any atom is 0.223 e. The van der Waals surface area contributed by atoms with Gasteiger partial charge in [0.15, 0.2) is 0 Å². The second-order valence-electron chi connectivity index (χ2n) is 1.91. The Morgan fingerprint density at radius 1 is 1.80 bits per heavy atom. The van der Waals surface area contributed by atoms with Crippen LogP contribution in [0.4, 0.5) is 0 Å². The molecule has 6 nitrogen and oxygen atoms in total. The lowest BCUT2D eigenvalue weighted by Crippen LogP contribution is -2.52. The molecule has 10 heavy (non-hydrogen) atoms. The zero-order valence-corrected chi connectivity index (χ0v) is 5.49. The summed E-state index contributed by atoms with van der Waals surface area (Å²) in [4.78, 5) is 3.90. The first-order valence-corrected chi connectivity index (χ1v) is 2.87. The molecular formula is C4H10N6. The molecule has 1 heterocycles. The maximum absolute atomic E-state index is 6.94. The first kappa shape index (κ1) is 6.81. The third-order valence-electron chi connectivity index (χ3n) is 1.20. The number of hydrazine groups is 2. The van der Waals surface area contributed by atoms with Gasteiger partial charge in [0, 0.05) is 0 Å². The Morgan fingerprint density at radius 3 is 2.90 bits per heavy atom. The zero-order chi connectivity index (χ0) is 7.56. The second kappa shape index (κ2) is 2.53. The van der Waals surface area contributed by atoms with Crippen LogP contribution in [0.1, 0.15) is 0 Å². The standard InChI is InChI=1S/C4H10N6/c5-4(6)10(7)9-2-1-8-3-9/h3H,1-2,7H2,(H3,5,6). The number of rotatable bonds is 1. The van der Waals surface area contributed by atoms with Gasteiger partial charge in [-0.25, -0.2) is 5.84 Å². The molecule has 1 rings (SSSR count). The van der Waals surface area contributed by atoms with E-state index in [9.17, 15) is 0 Å². The molecule has 0 bridgehead atoms. The number of hydrogen-bond acceptors (Lipinski definition) is 4. The van der Waals surface area contributed by atoms with Crippen molar-refractivity contribution in [1.29, 1.82) is 5.41 Å². The van der Waals surface area contributed by atoms with Gasteiger partial charge < -0.3 is 5.73 Å². The third kappa shape index (κ3) is 1.16. The van der Waals surface area contributed by atoms with E-state index in [1.54, 1.807) is 11.3 Å². The molecule has 0 spiro atoms. The van der Waals surface area contributed by atoms with E-state index in [1.807, 2.05) is 0 Å². The molecule has 0 unspecified atom stereocenters. The molecule has 0 aromatic heterocycles. The van der Waals surface area contributed by atoms with Crippen LogP contribution in [-0.2, 0) is 0 Å². The van der Waals surface area contributed by atoms with E-state index in [0.717, 1.165) is 5.12 Å². The quantitative estimate of drug-likeness (QED) is 0.176. The molecule has 5 N–H and O–H groups in total. The minimum absolute atomic E-state index is 0.187. The van der Waals surface area contributed by atoms with Gasteiger partial charge in [0.2, 0.25) is 5.96 Å². The SMILES string of the molecule is N=C(N)N(N)N1C=NCC1. The molecule has 0 radical (unpaired) electrons. The molecular weight excluding hydrogens is 132 g/mol. The highest BCUT2D eigenvalue weighted by Gasteiger charge is 2.11. The number of guanidine groups is 1. The van der Waals surface area contributed by atoms with Gasteiger partial charge in [-0.1, -0.05) is 0 Å². The van der Waals surface area contributed by atoms with Crippen molar-refractivity contribution in [3.8, 4) is 0 Å². The van der Waals surface area contributed by atoms with Gasteiger partial charge in [-0.3, -0.25) is 15.4 Å². The smallest absolute Gasteiger partial charge is 0.223 e. The molecule has 1 aliphatic rings. The van der Waals surface area contributed by atoms with Crippen LogP contribution in [-0.4, -0.2) is 35.5 Å². The Bertz CT molecular complexity index is 163. The van der Waals surface area contributed by atoms with Crippen molar-refractivity contribution in [3.05, 3.63) is 0 Å². The van der Waals surface area contributed by atoms with E-state index >= 15 is 0 Å². The summed E-state index contributed by atoms with van der Waals surface area (Å²) in [6.07, 6.45) is 1.56. The summed E-state index contributed by atoms with van der Waals surface area (Å²) in [5.41, 5.74) is 5.10. The normalized spacial score (nSPS) is 15.9. The van der Waals surface area contributed by atoms with E-state index in [-0.39, 0.29) is 5.96 Å². The van der Waals surface area contributed by atoms with E-state index in [1.165, 1.54) is 0 Å². The van der Waals surface area contributed by atoms with Crippen LogP contribution < -0.4 is 11.6 Å². The number of nitrogens with zero attached hydrogens (tertiary/aromatic N) is 3. The first-order valence-electron chi connectivity index (χ1n) is 2.87. The van der Waals surface area contributed by atoms with Gasteiger partial charge in [-0.15, -0.1) is 0 Å². The van der Waals surface area contributed by atoms with Crippen molar-refractivity contribution < 1.29 is 0 Å². The third-order valence-corrected chi connectivity index (χ3v) is 1.20. The predicted octanol–water partition coefficient (Wildman–Crippen LogP) is -1.69. The van der Waals surface area contributed by atoms with Crippen molar-refractivity contribution in [1.82, 2.24) is 10.1 Å². The summed E-state index contributed by atoms with van der Waals surface area (Å²) in [5, 5.41) is 9.56. The van der Waals surface area contributed by atoms with Gasteiger partial charge in [0.05, 0.1) is 13.1 Å². The topological polar surface area (TPSA) is 94.7 Å². The molecule has 1 aliphatic heterocycles. The van der Waals surface area contributed by atoms with Crippen LogP contribution in [0.2, 0.25) is 0 Å². The van der Waals surface area contributed by atoms with Crippen molar-refractivity contribution in [3.63, 3.8) is 0 Å². The summed E-state index contributed by atoms with van der Waals surface area (Å²) < 4.78 is 0. The predicted molar refractivity (Wildman–Crippen MR) is 38.0 cm³/mol. The van der Waals surface area contributed by atoms with Crippen molar-refractivity contribution in [2.24, 2.45) is 16.6 Å². The number of nitrogens with two attached hydrogens (primary N) is 2. The Labute approximate surface area is 58.5 Å². The lowest BCUT2D eigenvalue weighted by Gasteiger charge is -2.24. The molecule has 6 heteroatoms. The monoisotopic (exact) mass is 142 g/mol. The Balaban J connectivity index is 2.48. The minimum Gasteiger partial charge on any atom is -0.367 e. The highest BCUT2D eigenvalue weighted by molar-refractivity contribution is 5.75. The summed E-state index contributed by atoms with van der Waals surface area (Å²) in [6.45, 7) is 1.40. The molecule has 0 amide bonds. The lowest BCUT2D eigenvalue weighted by atomic mass is 10.7. The molecule has 0 atom stereocenters. The molecule has 0 aromatic rings. The molecule has 0 aliphatic carbocycles. The van der Waals surface area contributed by atoms with Gasteiger partial charge in [-0.05, 0) is 0 Å². The fourth-order valence-electron chi connectivity index (χ4n) is 0.672. The largest absolute Gasteiger partial charge is 0.367 e. The van der Waals surface area contributed by atoms with Crippen LogP contribution in [0.3, 0.4) is 0 Å². The van der Waals surface area contributed by atoms with E-state index in [2.05, 4.69) is 4.99 Å². The summed E-state index contributed by atoms with van der Waals surface area (Å²) >= 11 is 0. The number of hydrogen-bond donors (Lipinski definition) is 3. The fourth-order valence-corrected chi connectivity index (χ4v) is 0.672. The molecule has 56 valence electrons. The fraction of sp³-hybridized carbons (Fsp3) is 0.500. The molecule has 0 fully saturated rings. The zero-order valence-electron chi connectivity index (χ0n) is 5.49. The average molecular weight is 142 g/mol. The Hall–Kier alpha value is -1.30. The van der Waals surface area contributed by atoms with E-state index in [4.69, 9.17) is 17.0 Å². The summed E-state index contributed by atoms with van der Waals surface area (Å²) in [7, 11) is 0.